The van der Waals surface area contributed by atoms with Gasteiger partial charge in [0, 0.05) is 11.6 Å². The average molecular weight is 171 g/mol. The predicted molar refractivity (Wildman–Crippen MR) is 49.1 cm³/mol. The van der Waals surface area contributed by atoms with E-state index in [1.807, 2.05) is 7.05 Å². The molecule has 0 rings (SSSR count). The van der Waals surface area contributed by atoms with Crippen molar-refractivity contribution >= 4 is 5.97 Å². The first-order valence-electron chi connectivity index (χ1n) is 4.20. The van der Waals surface area contributed by atoms with Crippen molar-refractivity contribution in [1.29, 1.82) is 0 Å². The van der Waals surface area contributed by atoms with Crippen LogP contribution in [-0.4, -0.2) is 24.2 Å². The van der Waals surface area contributed by atoms with Crippen molar-refractivity contribution in [2.45, 2.75) is 32.7 Å². The molecule has 2 N–H and O–H groups in total. The van der Waals surface area contributed by atoms with Gasteiger partial charge in [-0.25, -0.2) is 4.79 Å². The fraction of sp³-hybridized carbons (Fsp3) is 0.667. The van der Waals surface area contributed by atoms with Crippen LogP contribution in [0.3, 0.4) is 0 Å². The molecular formula is C9H17NO2. The van der Waals surface area contributed by atoms with E-state index >= 15 is 0 Å². The minimum Gasteiger partial charge on any atom is -0.478 e. The van der Waals surface area contributed by atoms with E-state index < -0.39 is 5.97 Å². The van der Waals surface area contributed by atoms with E-state index in [-0.39, 0.29) is 6.04 Å². The lowest BCUT2D eigenvalue weighted by molar-refractivity contribution is -0.132. The smallest absolute Gasteiger partial charge is 0.331 e. The van der Waals surface area contributed by atoms with Gasteiger partial charge < -0.3 is 10.4 Å². The molecule has 0 amide bonds. The summed E-state index contributed by atoms with van der Waals surface area (Å²) >= 11 is 0. The topological polar surface area (TPSA) is 49.3 Å². The molecule has 3 heteroatoms. The molecule has 0 aliphatic rings. The zero-order chi connectivity index (χ0) is 9.56. The Hall–Kier alpha value is -0.830. The molecule has 0 radical (unpaired) electrons. The van der Waals surface area contributed by atoms with E-state index in [4.69, 9.17) is 5.11 Å². The Morgan fingerprint density at radius 1 is 1.67 bits per heavy atom. The number of nitrogens with one attached hydrogen (secondary N) is 1. The molecular weight excluding hydrogens is 154 g/mol. The highest BCUT2D eigenvalue weighted by molar-refractivity contribution is 5.85. The van der Waals surface area contributed by atoms with Gasteiger partial charge in [-0.2, -0.15) is 0 Å². The summed E-state index contributed by atoms with van der Waals surface area (Å²) in [5.41, 5.74) is 0.405. The molecule has 1 atom stereocenters. The normalized spacial score (nSPS) is 14.4. The third-order valence-electron chi connectivity index (χ3n) is 1.76. The Balaban J connectivity index is 4.14. The summed E-state index contributed by atoms with van der Waals surface area (Å²) in [5, 5.41) is 11.6. The molecule has 12 heavy (non-hydrogen) atoms. The molecule has 0 heterocycles. The second-order valence-electron chi connectivity index (χ2n) is 2.84. The lowest BCUT2D eigenvalue weighted by Crippen LogP contribution is -2.23. The maximum absolute atomic E-state index is 10.5. The summed E-state index contributed by atoms with van der Waals surface area (Å²) < 4.78 is 0. The standard InChI is InChI=1S/C9H17NO2/c1-4-5-8(10-3)6-7(2)9(11)12/h6,8,10H,4-5H2,1-3H3,(H,11,12). The lowest BCUT2D eigenvalue weighted by Gasteiger charge is -2.10. The van der Waals surface area contributed by atoms with Gasteiger partial charge in [-0.05, 0) is 20.4 Å². The molecule has 0 aliphatic heterocycles. The second-order valence-corrected chi connectivity index (χ2v) is 2.84. The highest BCUT2D eigenvalue weighted by Gasteiger charge is 2.04. The first-order valence-corrected chi connectivity index (χ1v) is 4.20. The van der Waals surface area contributed by atoms with Gasteiger partial charge in [0.2, 0.25) is 0 Å². The minimum absolute atomic E-state index is 0.186. The predicted octanol–water partition coefficient (Wildman–Crippen LogP) is 1.41. The molecule has 1 unspecified atom stereocenters. The summed E-state index contributed by atoms with van der Waals surface area (Å²) in [5.74, 6) is -0.841. The zero-order valence-corrected chi connectivity index (χ0v) is 7.92. The second kappa shape index (κ2) is 5.77. The van der Waals surface area contributed by atoms with E-state index in [0.717, 1.165) is 12.8 Å². The third kappa shape index (κ3) is 4.13. The van der Waals surface area contributed by atoms with E-state index in [1.165, 1.54) is 0 Å². The van der Waals surface area contributed by atoms with E-state index in [1.54, 1.807) is 13.0 Å². The van der Waals surface area contributed by atoms with Crippen LogP contribution in [0, 0.1) is 0 Å². The number of carbonyl (C=O) groups is 1. The average Bonchev–Trinajstić information content (AvgIpc) is 2.03. The number of hydrogen-bond acceptors (Lipinski definition) is 2. The van der Waals surface area contributed by atoms with Crippen LogP contribution < -0.4 is 5.32 Å². The zero-order valence-electron chi connectivity index (χ0n) is 7.92. The van der Waals surface area contributed by atoms with Crippen LogP contribution in [0.25, 0.3) is 0 Å². The van der Waals surface area contributed by atoms with Crippen molar-refractivity contribution in [3.63, 3.8) is 0 Å². The van der Waals surface area contributed by atoms with Crippen molar-refractivity contribution in [2.75, 3.05) is 7.05 Å². The monoisotopic (exact) mass is 171 g/mol. The molecule has 0 spiro atoms. The molecule has 0 aromatic carbocycles. The number of aliphatic carboxylic acids is 1. The Bertz CT molecular complexity index is 175. The molecule has 0 aromatic rings. The number of carboxylic acids is 1. The van der Waals surface area contributed by atoms with Crippen molar-refractivity contribution in [1.82, 2.24) is 5.32 Å². The van der Waals surface area contributed by atoms with Crippen molar-refractivity contribution in [3.05, 3.63) is 11.6 Å². The number of hydrogen-bond donors (Lipinski definition) is 2. The van der Waals surface area contributed by atoms with Crippen LogP contribution in [0.15, 0.2) is 11.6 Å². The van der Waals surface area contributed by atoms with Gasteiger partial charge in [0.05, 0.1) is 0 Å². The highest BCUT2D eigenvalue weighted by atomic mass is 16.4. The molecule has 0 fully saturated rings. The third-order valence-corrected chi connectivity index (χ3v) is 1.76. The molecule has 70 valence electrons. The fourth-order valence-corrected chi connectivity index (χ4v) is 0.995. The first kappa shape index (κ1) is 11.2. The number of carboxylic acid groups (broad SMARTS) is 1. The van der Waals surface area contributed by atoms with Gasteiger partial charge in [-0.3, -0.25) is 0 Å². The molecule has 3 nitrogen and oxygen atoms in total. The molecule has 0 saturated carbocycles. The van der Waals surface area contributed by atoms with E-state index in [9.17, 15) is 4.79 Å². The maximum atomic E-state index is 10.5. The summed E-state index contributed by atoms with van der Waals surface area (Å²) in [4.78, 5) is 10.5. The fourth-order valence-electron chi connectivity index (χ4n) is 0.995. The largest absolute Gasteiger partial charge is 0.478 e. The van der Waals surface area contributed by atoms with Crippen LogP contribution >= 0.6 is 0 Å². The van der Waals surface area contributed by atoms with Crippen LogP contribution in [0.5, 0.6) is 0 Å². The summed E-state index contributed by atoms with van der Waals surface area (Å²) in [7, 11) is 1.84. The van der Waals surface area contributed by atoms with Gasteiger partial charge in [0.15, 0.2) is 0 Å². The maximum Gasteiger partial charge on any atom is 0.331 e. The molecule has 0 aromatic heterocycles. The van der Waals surface area contributed by atoms with Gasteiger partial charge in [0.25, 0.3) is 0 Å². The van der Waals surface area contributed by atoms with Crippen molar-refractivity contribution < 1.29 is 9.90 Å². The molecule has 0 saturated heterocycles. The van der Waals surface area contributed by atoms with Crippen LogP contribution in [0.4, 0.5) is 0 Å². The molecule has 0 aliphatic carbocycles. The Kier molecular flexibility index (Phi) is 5.37. The lowest BCUT2D eigenvalue weighted by atomic mass is 10.1. The summed E-state index contributed by atoms with van der Waals surface area (Å²) in [6, 6.07) is 0.186. The van der Waals surface area contributed by atoms with Crippen molar-refractivity contribution in [3.8, 4) is 0 Å². The highest BCUT2D eigenvalue weighted by Crippen LogP contribution is 2.02. The van der Waals surface area contributed by atoms with E-state index in [0.29, 0.717) is 5.57 Å². The SMILES string of the molecule is CCCC(C=C(C)C(=O)O)NC. The molecule has 0 bridgehead atoms. The van der Waals surface area contributed by atoms with Crippen LogP contribution in [0.2, 0.25) is 0 Å². The first-order chi connectivity index (χ1) is 5.61. The number of rotatable bonds is 5. The Labute approximate surface area is 73.5 Å². The number of likely N-dealkylation sites (N-methyl/N-ethyl adjacent to an activating group) is 1. The van der Waals surface area contributed by atoms with Gasteiger partial charge in [-0.1, -0.05) is 19.4 Å². The Morgan fingerprint density at radius 3 is 2.58 bits per heavy atom. The van der Waals surface area contributed by atoms with Gasteiger partial charge in [-0.15, -0.1) is 0 Å². The quantitative estimate of drug-likeness (QED) is 0.615. The van der Waals surface area contributed by atoms with Crippen molar-refractivity contribution in [2.24, 2.45) is 0 Å². The minimum atomic E-state index is -0.841. The van der Waals surface area contributed by atoms with Gasteiger partial charge in [0.1, 0.15) is 0 Å². The van der Waals surface area contributed by atoms with Gasteiger partial charge >= 0.3 is 5.97 Å². The summed E-state index contributed by atoms with van der Waals surface area (Å²) in [6.07, 6.45) is 3.78. The van der Waals surface area contributed by atoms with Crippen LogP contribution in [-0.2, 0) is 4.79 Å². The van der Waals surface area contributed by atoms with E-state index in [2.05, 4.69) is 12.2 Å². The summed E-state index contributed by atoms with van der Waals surface area (Å²) in [6.45, 7) is 3.69. The Morgan fingerprint density at radius 2 is 2.25 bits per heavy atom. The van der Waals surface area contributed by atoms with Crippen LogP contribution in [0.1, 0.15) is 26.7 Å².